The Hall–Kier alpha value is -5.50. The first kappa shape index (κ1) is 28.9. The van der Waals surface area contributed by atoms with Crippen LogP contribution in [-0.4, -0.2) is 28.3 Å². The van der Waals surface area contributed by atoms with Crippen molar-refractivity contribution < 1.29 is 0 Å². The molecule has 3 nitrogen and oxygen atoms in total. The van der Waals surface area contributed by atoms with E-state index in [0.29, 0.717) is 17.5 Å². The van der Waals surface area contributed by atoms with Crippen LogP contribution in [0.5, 0.6) is 0 Å². The lowest BCUT2D eigenvalue weighted by Gasteiger charge is -2.19. The van der Waals surface area contributed by atoms with Crippen LogP contribution >= 0.6 is 7.92 Å². The molecule has 8 aromatic rings. The van der Waals surface area contributed by atoms with E-state index in [4.69, 9.17) is 15.0 Å². The molecule has 0 saturated heterocycles. The fourth-order valence-corrected chi connectivity index (χ4v) is 7.22. The van der Waals surface area contributed by atoms with Crippen LogP contribution in [0.25, 0.3) is 78.0 Å². The minimum absolute atomic E-state index is 0.208. The lowest BCUT2D eigenvalue weighted by Crippen LogP contribution is -2.00. The predicted molar refractivity (Wildman–Crippen MR) is 200 cm³/mol. The topological polar surface area (TPSA) is 38.7 Å². The van der Waals surface area contributed by atoms with E-state index in [1.807, 2.05) is 60.7 Å². The smallest absolute Gasteiger partial charge is 0.164 e. The molecule has 0 radical (unpaired) electrons. The lowest BCUT2D eigenvalue weighted by atomic mass is 9.85. The molecule has 0 saturated carbocycles. The van der Waals surface area contributed by atoms with Crippen LogP contribution in [0.4, 0.5) is 0 Å². The van der Waals surface area contributed by atoms with Crippen LogP contribution in [0.1, 0.15) is 0 Å². The molecule has 0 aliphatic heterocycles. The Balaban J connectivity index is 1.35. The third kappa shape index (κ3) is 5.50. The Labute approximate surface area is 276 Å². The molecule has 0 spiro atoms. The monoisotopic (exact) mass is 621 g/mol. The maximum absolute atomic E-state index is 5.01. The van der Waals surface area contributed by atoms with Crippen molar-refractivity contribution in [2.45, 2.75) is 0 Å². The Kier molecular flexibility index (Phi) is 7.61. The molecule has 0 aliphatic rings. The highest BCUT2D eigenvalue weighted by Gasteiger charge is 2.18. The highest BCUT2D eigenvalue weighted by Crippen LogP contribution is 2.44. The third-order valence-electron chi connectivity index (χ3n) is 8.69. The Morgan fingerprint density at radius 3 is 1.17 bits per heavy atom. The second-order valence-electron chi connectivity index (χ2n) is 11.9. The summed E-state index contributed by atoms with van der Waals surface area (Å²) < 4.78 is 0. The molecule has 0 atom stereocenters. The summed E-state index contributed by atoms with van der Waals surface area (Å²) in [5.41, 5.74) is 7.75. The molecule has 0 fully saturated rings. The minimum atomic E-state index is -0.208. The molecule has 0 amide bonds. The highest BCUT2D eigenvalue weighted by molar-refractivity contribution is 7.64. The number of hydrogen-bond donors (Lipinski definition) is 0. The minimum Gasteiger partial charge on any atom is -0.208 e. The number of nitrogens with zero attached hydrogens (tertiary/aromatic N) is 3. The van der Waals surface area contributed by atoms with E-state index in [2.05, 4.69) is 110 Å². The maximum atomic E-state index is 5.01. The summed E-state index contributed by atoms with van der Waals surface area (Å²) in [6.07, 6.45) is 0. The molecule has 7 aromatic carbocycles. The number of rotatable bonds is 6. The zero-order valence-electron chi connectivity index (χ0n) is 26.3. The van der Waals surface area contributed by atoms with Gasteiger partial charge in [-0.05, 0) is 74.6 Å². The van der Waals surface area contributed by atoms with E-state index in [1.165, 1.54) is 43.5 Å². The molecule has 1 heterocycles. The Bertz CT molecular complexity index is 2270. The summed E-state index contributed by atoms with van der Waals surface area (Å²) in [5, 5.41) is 6.36. The number of fused-ring (bicyclic) bond motifs is 2. The Morgan fingerprint density at radius 1 is 0.340 bits per heavy atom. The van der Waals surface area contributed by atoms with Gasteiger partial charge >= 0.3 is 0 Å². The van der Waals surface area contributed by atoms with E-state index in [1.54, 1.807) is 0 Å². The van der Waals surface area contributed by atoms with Crippen LogP contribution < -0.4 is 5.30 Å². The average molecular weight is 622 g/mol. The second-order valence-corrected chi connectivity index (χ2v) is 14.2. The van der Waals surface area contributed by atoms with Gasteiger partial charge in [0.2, 0.25) is 0 Å². The molecule has 0 unspecified atom stereocenters. The maximum Gasteiger partial charge on any atom is 0.164 e. The molecule has 0 N–H and O–H groups in total. The van der Waals surface area contributed by atoms with Crippen molar-refractivity contribution in [3.8, 4) is 56.4 Å². The first-order valence-electron chi connectivity index (χ1n) is 15.8. The van der Waals surface area contributed by atoms with Crippen molar-refractivity contribution in [3.63, 3.8) is 0 Å². The number of hydrogen-bond acceptors (Lipinski definition) is 3. The van der Waals surface area contributed by atoms with Gasteiger partial charge < -0.3 is 0 Å². The normalized spacial score (nSPS) is 11.4. The Morgan fingerprint density at radius 2 is 0.702 bits per heavy atom. The molecule has 47 heavy (non-hydrogen) atoms. The van der Waals surface area contributed by atoms with Gasteiger partial charge in [0.15, 0.2) is 17.5 Å². The lowest BCUT2D eigenvalue weighted by molar-refractivity contribution is 1.07. The zero-order chi connectivity index (χ0) is 31.7. The van der Waals surface area contributed by atoms with E-state index in [9.17, 15) is 0 Å². The SMILES string of the molecule is CP(C)c1cccc(-c2c3ccccc3c(-c3cccc(-c4nc(-c5ccccc5)nc(-c5ccccc5)n4)c3)c3ccccc23)c1. The molecular weight excluding hydrogens is 589 g/mol. The van der Waals surface area contributed by atoms with Gasteiger partial charge in [-0.15, -0.1) is 0 Å². The van der Waals surface area contributed by atoms with Crippen molar-refractivity contribution in [1.29, 1.82) is 0 Å². The van der Waals surface area contributed by atoms with E-state index >= 15 is 0 Å². The summed E-state index contributed by atoms with van der Waals surface area (Å²) in [6, 6.07) is 55.6. The average Bonchev–Trinajstić information content (AvgIpc) is 3.14. The van der Waals surface area contributed by atoms with Crippen LogP contribution in [-0.2, 0) is 0 Å². The molecule has 0 aliphatic carbocycles. The fraction of sp³-hybridized carbons (Fsp3) is 0.0465. The summed E-state index contributed by atoms with van der Waals surface area (Å²) in [4.78, 5) is 14.9. The standard InChI is InChI=1S/C43H32N3P/c1-47(2)34-22-14-20-32(28-34)40-37-25-11-9-23-35(37)39(36-24-10-12-26-38(36)40)31-19-13-21-33(27-31)43-45-41(29-15-5-3-6-16-29)44-42(46-43)30-17-7-4-8-18-30/h3-28H,1-2H3. The van der Waals surface area contributed by atoms with Crippen molar-refractivity contribution in [1.82, 2.24) is 15.0 Å². The quantitative estimate of drug-likeness (QED) is 0.137. The van der Waals surface area contributed by atoms with Crippen molar-refractivity contribution >= 4 is 34.8 Å². The van der Waals surface area contributed by atoms with Crippen molar-refractivity contribution in [3.05, 3.63) is 158 Å². The molecule has 0 bridgehead atoms. The number of aromatic nitrogens is 3. The highest BCUT2D eigenvalue weighted by atomic mass is 31.1. The predicted octanol–water partition coefficient (Wildman–Crippen LogP) is 10.9. The fourth-order valence-electron chi connectivity index (χ4n) is 6.44. The van der Waals surface area contributed by atoms with Gasteiger partial charge in [-0.3, -0.25) is 0 Å². The third-order valence-corrected chi connectivity index (χ3v) is 10.0. The van der Waals surface area contributed by atoms with Gasteiger partial charge in [-0.2, -0.15) is 0 Å². The zero-order valence-corrected chi connectivity index (χ0v) is 27.2. The van der Waals surface area contributed by atoms with Gasteiger partial charge in [0.1, 0.15) is 0 Å². The van der Waals surface area contributed by atoms with Gasteiger partial charge in [0.25, 0.3) is 0 Å². The van der Waals surface area contributed by atoms with Crippen LogP contribution in [0.15, 0.2) is 158 Å². The largest absolute Gasteiger partial charge is 0.208 e. The van der Waals surface area contributed by atoms with Crippen LogP contribution in [0.3, 0.4) is 0 Å². The molecule has 8 rings (SSSR count). The van der Waals surface area contributed by atoms with Gasteiger partial charge in [0.05, 0.1) is 0 Å². The molecule has 1 aromatic heterocycles. The molecule has 224 valence electrons. The second kappa shape index (κ2) is 12.4. The molecule has 4 heteroatoms. The summed E-state index contributed by atoms with van der Waals surface area (Å²) in [7, 11) is -0.208. The molecular formula is C43H32N3P. The van der Waals surface area contributed by atoms with Gasteiger partial charge in [-0.1, -0.05) is 154 Å². The van der Waals surface area contributed by atoms with Crippen molar-refractivity contribution in [2.24, 2.45) is 0 Å². The number of benzene rings is 7. The van der Waals surface area contributed by atoms with Gasteiger partial charge in [-0.25, -0.2) is 15.0 Å². The van der Waals surface area contributed by atoms with Crippen LogP contribution in [0, 0.1) is 0 Å². The summed E-state index contributed by atoms with van der Waals surface area (Å²) >= 11 is 0. The first-order valence-corrected chi connectivity index (χ1v) is 18.1. The van der Waals surface area contributed by atoms with E-state index in [-0.39, 0.29) is 7.92 Å². The van der Waals surface area contributed by atoms with E-state index < -0.39 is 0 Å². The first-order chi connectivity index (χ1) is 23.1. The van der Waals surface area contributed by atoms with E-state index in [0.717, 1.165) is 22.3 Å². The van der Waals surface area contributed by atoms with Gasteiger partial charge in [0, 0.05) is 16.7 Å². The van der Waals surface area contributed by atoms with Crippen molar-refractivity contribution in [2.75, 3.05) is 13.3 Å². The summed E-state index contributed by atoms with van der Waals surface area (Å²) in [5.74, 6) is 1.97. The summed E-state index contributed by atoms with van der Waals surface area (Å²) in [6.45, 7) is 4.64. The van der Waals surface area contributed by atoms with Crippen LogP contribution in [0.2, 0.25) is 0 Å².